The predicted octanol–water partition coefficient (Wildman–Crippen LogP) is 5.10. The summed E-state index contributed by atoms with van der Waals surface area (Å²) in [4.78, 5) is 12.0. The highest BCUT2D eigenvalue weighted by Gasteiger charge is 2.07. The molecule has 4 nitrogen and oxygen atoms in total. The lowest BCUT2D eigenvalue weighted by Crippen LogP contribution is -2.16. The van der Waals surface area contributed by atoms with Crippen molar-refractivity contribution in [1.82, 2.24) is 0 Å². The quantitative estimate of drug-likeness (QED) is 0.741. The van der Waals surface area contributed by atoms with Crippen LogP contribution in [0.5, 0.6) is 5.75 Å². The first-order chi connectivity index (χ1) is 11.0. The maximum atomic E-state index is 12.0. The van der Waals surface area contributed by atoms with E-state index < -0.39 is 0 Å². The highest BCUT2D eigenvalue weighted by Crippen LogP contribution is 2.27. The molecule has 0 saturated carbocycles. The minimum absolute atomic E-state index is 0.156. The summed E-state index contributed by atoms with van der Waals surface area (Å²) in [6.45, 7) is 0.427. The van der Waals surface area contributed by atoms with Gasteiger partial charge in [0.15, 0.2) is 0 Å². The summed E-state index contributed by atoms with van der Waals surface area (Å²) in [5, 5.41) is 7.39. The Hall–Kier alpha value is -1.62. The van der Waals surface area contributed by atoms with Crippen molar-refractivity contribution in [1.29, 1.82) is 0 Å². The Bertz CT molecular complexity index is 687. The van der Waals surface area contributed by atoms with E-state index in [-0.39, 0.29) is 12.3 Å². The molecule has 2 N–H and O–H groups in total. The molecule has 2 rings (SSSR count). The lowest BCUT2D eigenvalue weighted by molar-refractivity contribution is -0.115. The second kappa shape index (κ2) is 8.29. The molecule has 0 heterocycles. The number of hydrogen-bond acceptors (Lipinski definition) is 3. The van der Waals surface area contributed by atoms with E-state index in [1.54, 1.807) is 43.5 Å². The van der Waals surface area contributed by atoms with Crippen LogP contribution in [0.3, 0.4) is 0 Å². The maximum absolute atomic E-state index is 12.0. The second-order valence-electron chi connectivity index (χ2n) is 4.73. The molecule has 1 amide bonds. The average Bonchev–Trinajstić information content (AvgIpc) is 2.46. The van der Waals surface area contributed by atoms with E-state index in [1.165, 1.54) is 0 Å². The van der Waals surface area contributed by atoms with Crippen LogP contribution in [-0.4, -0.2) is 19.6 Å². The molecular weight excluding hydrogens is 359 g/mol. The first-order valence-electron chi connectivity index (χ1n) is 6.81. The number of methoxy groups -OCH3 is 1. The van der Waals surface area contributed by atoms with E-state index in [9.17, 15) is 4.79 Å². The van der Waals surface area contributed by atoms with Crippen molar-refractivity contribution in [3.63, 3.8) is 0 Å². The van der Waals surface area contributed by atoms with Gasteiger partial charge in [-0.15, -0.1) is 0 Å². The van der Waals surface area contributed by atoms with Crippen LogP contribution in [0.25, 0.3) is 0 Å². The van der Waals surface area contributed by atoms with Crippen molar-refractivity contribution in [2.45, 2.75) is 6.42 Å². The first kappa shape index (κ1) is 17.7. The van der Waals surface area contributed by atoms with E-state index in [1.807, 2.05) is 0 Å². The van der Waals surface area contributed by atoms with Gasteiger partial charge in [0.25, 0.3) is 0 Å². The van der Waals surface area contributed by atoms with E-state index >= 15 is 0 Å². The minimum atomic E-state index is -0.156. The number of amides is 1. The molecule has 0 spiro atoms. The topological polar surface area (TPSA) is 50.4 Å². The number of halogens is 3. The largest absolute Gasteiger partial charge is 0.495 e. The van der Waals surface area contributed by atoms with Gasteiger partial charge >= 0.3 is 0 Å². The molecular formula is C16H15Cl3N2O2. The van der Waals surface area contributed by atoms with Crippen LogP contribution in [0.2, 0.25) is 15.1 Å². The molecule has 0 aliphatic heterocycles. The fourth-order valence-corrected chi connectivity index (χ4v) is 2.68. The number of hydrogen-bond donors (Lipinski definition) is 2. The molecule has 2 aromatic carbocycles. The molecule has 0 aliphatic carbocycles. The molecule has 23 heavy (non-hydrogen) atoms. The fraction of sp³-hybridized carbons (Fsp3) is 0.188. The lowest BCUT2D eigenvalue weighted by Gasteiger charge is -2.11. The van der Waals surface area contributed by atoms with Crippen molar-refractivity contribution >= 4 is 52.1 Å². The summed E-state index contributed by atoms with van der Waals surface area (Å²) in [5.41, 5.74) is 1.30. The van der Waals surface area contributed by atoms with Gasteiger partial charge in [0.1, 0.15) is 5.75 Å². The van der Waals surface area contributed by atoms with Crippen molar-refractivity contribution in [2.24, 2.45) is 0 Å². The van der Waals surface area contributed by atoms with Crippen LogP contribution in [0.15, 0.2) is 36.4 Å². The lowest BCUT2D eigenvalue weighted by atomic mass is 10.2. The molecule has 122 valence electrons. The van der Waals surface area contributed by atoms with Crippen LogP contribution in [-0.2, 0) is 4.79 Å². The molecule has 0 aliphatic rings. The number of benzene rings is 2. The molecule has 0 aromatic heterocycles. The number of anilines is 2. The van der Waals surface area contributed by atoms with Gasteiger partial charge < -0.3 is 15.4 Å². The van der Waals surface area contributed by atoms with Gasteiger partial charge in [-0.2, -0.15) is 0 Å². The Kier molecular flexibility index (Phi) is 6.39. The third-order valence-electron chi connectivity index (χ3n) is 2.98. The van der Waals surface area contributed by atoms with Crippen LogP contribution >= 0.6 is 34.8 Å². The van der Waals surface area contributed by atoms with Gasteiger partial charge in [-0.05, 0) is 36.4 Å². The monoisotopic (exact) mass is 372 g/mol. The van der Waals surface area contributed by atoms with Crippen LogP contribution < -0.4 is 15.4 Å². The maximum Gasteiger partial charge on any atom is 0.226 e. The summed E-state index contributed by atoms with van der Waals surface area (Å²) in [5.74, 6) is 0.508. The first-order valence-corrected chi connectivity index (χ1v) is 7.94. The molecule has 0 atom stereocenters. The zero-order valence-corrected chi connectivity index (χ0v) is 14.6. The zero-order valence-electron chi connectivity index (χ0n) is 12.3. The number of nitrogens with one attached hydrogen (secondary N) is 2. The van der Waals surface area contributed by atoms with Gasteiger partial charge in [-0.3, -0.25) is 4.79 Å². The molecule has 0 radical (unpaired) electrons. The fourth-order valence-electron chi connectivity index (χ4n) is 1.98. The van der Waals surface area contributed by atoms with Crippen molar-refractivity contribution in [3.05, 3.63) is 51.5 Å². The zero-order chi connectivity index (χ0) is 16.8. The Morgan fingerprint density at radius 2 is 1.74 bits per heavy atom. The normalized spacial score (nSPS) is 10.3. The Morgan fingerprint density at radius 1 is 1.04 bits per heavy atom. The van der Waals surface area contributed by atoms with Gasteiger partial charge in [0.05, 0.1) is 12.8 Å². The van der Waals surface area contributed by atoms with E-state index in [4.69, 9.17) is 39.5 Å². The van der Waals surface area contributed by atoms with Crippen molar-refractivity contribution in [2.75, 3.05) is 24.3 Å². The third kappa shape index (κ3) is 5.50. The van der Waals surface area contributed by atoms with E-state index in [2.05, 4.69) is 10.6 Å². The smallest absolute Gasteiger partial charge is 0.226 e. The van der Waals surface area contributed by atoms with Gasteiger partial charge in [0, 0.05) is 33.7 Å². The van der Waals surface area contributed by atoms with E-state index in [0.717, 1.165) is 5.69 Å². The summed E-state index contributed by atoms with van der Waals surface area (Å²) >= 11 is 17.7. The predicted molar refractivity (Wildman–Crippen MR) is 96.2 cm³/mol. The molecule has 0 saturated heterocycles. The number of rotatable bonds is 6. The van der Waals surface area contributed by atoms with Crippen LogP contribution in [0, 0.1) is 0 Å². The Morgan fingerprint density at radius 3 is 2.39 bits per heavy atom. The Labute approximate surface area is 149 Å². The summed E-state index contributed by atoms with van der Waals surface area (Å²) in [6.07, 6.45) is 0.264. The molecule has 0 fully saturated rings. The number of carbonyl (C=O) groups excluding carboxylic acids is 1. The second-order valence-corrected chi connectivity index (χ2v) is 6.04. The summed E-state index contributed by atoms with van der Waals surface area (Å²) in [7, 11) is 1.57. The molecule has 0 bridgehead atoms. The number of ether oxygens (including phenoxy) is 1. The molecule has 2 aromatic rings. The van der Waals surface area contributed by atoms with Gasteiger partial charge in [-0.1, -0.05) is 34.8 Å². The van der Waals surface area contributed by atoms with Gasteiger partial charge in [0.2, 0.25) is 5.91 Å². The van der Waals surface area contributed by atoms with E-state index in [0.29, 0.717) is 33.0 Å². The third-order valence-corrected chi connectivity index (χ3v) is 3.65. The standard InChI is InChI=1S/C16H15Cl3N2O2/c1-23-15-3-2-10(17)9-14(15)20-5-4-16(22)21-13-7-11(18)6-12(19)8-13/h2-3,6-9,20H,4-5H2,1H3,(H,21,22). The summed E-state index contributed by atoms with van der Waals surface area (Å²) < 4.78 is 5.23. The highest BCUT2D eigenvalue weighted by atomic mass is 35.5. The number of carbonyl (C=O) groups is 1. The van der Waals surface area contributed by atoms with Crippen molar-refractivity contribution in [3.8, 4) is 5.75 Å². The highest BCUT2D eigenvalue weighted by molar-refractivity contribution is 6.35. The summed E-state index contributed by atoms with van der Waals surface area (Å²) in [6, 6.07) is 10.1. The van der Waals surface area contributed by atoms with Crippen LogP contribution in [0.1, 0.15) is 6.42 Å². The molecule has 7 heteroatoms. The minimum Gasteiger partial charge on any atom is -0.495 e. The van der Waals surface area contributed by atoms with Gasteiger partial charge in [-0.25, -0.2) is 0 Å². The average molecular weight is 374 g/mol. The van der Waals surface area contributed by atoms with Crippen LogP contribution in [0.4, 0.5) is 11.4 Å². The molecule has 0 unspecified atom stereocenters. The Balaban J connectivity index is 1.89. The SMILES string of the molecule is COc1ccc(Cl)cc1NCCC(=O)Nc1cc(Cl)cc(Cl)c1. The van der Waals surface area contributed by atoms with Crippen molar-refractivity contribution < 1.29 is 9.53 Å².